The first-order valence-electron chi connectivity index (χ1n) is 5.56. The second kappa shape index (κ2) is 5.10. The highest BCUT2D eigenvalue weighted by Gasteiger charge is 2.71. The lowest BCUT2D eigenvalue weighted by Crippen LogP contribution is -2.55. The number of hydrogen-bond acceptors (Lipinski definition) is 2. The van der Waals surface area contributed by atoms with Crippen LogP contribution in [0.15, 0.2) is 51.7 Å². The number of halogens is 6. The van der Waals surface area contributed by atoms with E-state index in [0.29, 0.717) is 10.7 Å². The van der Waals surface area contributed by atoms with Crippen LogP contribution in [0.4, 0.5) is 22.0 Å². The smallest absolute Gasteiger partial charge is 0.457 e. The molecule has 2 aromatic rings. The third-order valence-corrected chi connectivity index (χ3v) is 3.54. The van der Waals surface area contributed by atoms with Gasteiger partial charge in [-0.3, -0.25) is 0 Å². The molecule has 0 radical (unpaired) electrons. The van der Waals surface area contributed by atoms with E-state index in [1.807, 2.05) is 0 Å². The van der Waals surface area contributed by atoms with E-state index >= 15 is 0 Å². The molecule has 0 amide bonds. The summed E-state index contributed by atoms with van der Waals surface area (Å²) in [6.07, 6.45) is -4.38. The van der Waals surface area contributed by atoms with Crippen LogP contribution in [0.3, 0.4) is 0 Å². The van der Waals surface area contributed by atoms with Crippen LogP contribution in [0.2, 0.25) is 0 Å². The van der Waals surface area contributed by atoms with Gasteiger partial charge in [-0.25, -0.2) is 0 Å². The minimum absolute atomic E-state index is 0.469. The molecule has 114 valence electrons. The van der Waals surface area contributed by atoms with Crippen molar-refractivity contribution in [1.29, 1.82) is 0 Å². The summed E-state index contributed by atoms with van der Waals surface area (Å²) in [4.78, 5) is 0. The van der Waals surface area contributed by atoms with Gasteiger partial charge in [0, 0.05) is 10.0 Å². The SMILES string of the molecule is OC(c1ccc(Br)cc1)(c1ccoc1)C(F)(F)C(F)(F)F. The monoisotopic (exact) mass is 370 g/mol. The highest BCUT2D eigenvalue weighted by Crippen LogP contribution is 2.51. The van der Waals surface area contributed by atoms with Crippen LogP contribution >= 0.6 is 15.9 Å². The molecule has 1 aromatic carbocycles. The minimum atomic E-state index is -5.94. The normalized spacial score (nSPS) is 15.8. The van der Waals surface area contributed by atoms with Crippen molar-refractivity contribution in [3.63, 3.8) is 0 Å². The van der Waals surface area contributed by atoms with Gasteiger partial charge in [-0.2, -0.15) is 22.0 Å². The molecule has 1 heterocycles. The molecule has 1 N–H and O–H groups in total. The van der Waals surface area contributed by atoms with Gasteiger partial charge in [0.15, 0.2) is 5.60 Å². The van der Waals surface area contributed by atoms with Crippen molar-refractivity contribution in [2.24, 2.45) is 0 Å². The minimum Gasteiger partial charge on any atom is -0.472 e. The van der Waals surface area contributed by atoms with E-state index < -0.39 is 28.8 Å². The number of aliphatic hydroxyl groups is 1. The zero-order chi connectivity index (χ0) is 15.9. The standard InChI is InChI=1S/C13H8BrF5O2/c14-10-3-1-8(2-4-10)11(20,9-5-6-21-7-9)12(15,16)13(17,18)19/h1-7,20H. The lowest BCUT2D eigenvalue weighted by atomic mass is 9.82. The molecule has 0 saturated heterocycles. The van der Waals surface area contributed by atoms with Crippen molar-refractivity contribution in [3.8, 4) is 0 Å². The second-order valence-corrected chi connectivity index (χ2v) is 5.22. The highest BCUT2D eigenvalue weighted by molar-refractivity contribution is 9.10. The van der Waals surface area contributed by atoms with Crippen LogP contribution in [0.5, 0.6) is 0 Å². The van der Waals surface area contributed by atoms with Crippen LogP contribution in [-0.2, 0) is 5.60 Å². The molecule has 8 heteroatoms. The maximum absolute atomic E-state index is 13.9. The number of benzene rings is 1. The zero-order valence-corrected chi connectivity index (χ0v) is 11.8. The highest BCUT2D eigenvalue weighted by atomic mass is 79.9. The predicted octanol–water partition coefficient (Wildman–Crippen LogP) is 4.48. The fraction of sp³-hybridized carbons (Fsp3) is 0.231. The third kappa shape index (κ3) is 2.46. The molecule has 21 heavy (non-hydrogen) atoms. The molecule has 0 saturated carbocycles. The van der Waals surface area contributed by atoms with E-state index in [1.54, 1.807) is 0 Å². The molecule has 2 nitrogen and oxygen atoms in total. The number of rotatable bonds is 3. The summed E-state index contributed by atoms with van der Waals surface area (Å²) in [5.74, 6) is -5.41. The van der Waals surface area contributed by atoms with Crippen LogP contribution in [-0.4, -0.2) is 17.2 Å². The summed E-state index contributed by atoms with van der Waals surface area (Å²) in [5.41, 5.74) is -4.87. The van der Waals surface area contributed by atoms with Gasteiger partial charge in [0.05, 0.1) is 12.5 Å². The Morgan fingerprint density at radius 3 is 1.90 bits per heavy atom. The molecule has 2 rings (SSSR count). The van der Waals surface area contributed by atoms with Gasteiger partial charge in [0.2, 0.25) is 0 Å². The summed E-state index contributed by atoms with van der Waals surface area (Å²) in [7, 11) is 0. The Hall–Kier alpha value is -1.41. The van der Waals surface area contributed by atoms with Crippen molar-refractivity contribution in [2.45, 2.75) is 17.7 Å². The average Bonchev–Trinajstić information content (AvgIpc) is 2.91. The molecule has 1 atom stereocenters. The van der Waals surface area contributed by atoms with E-state index in [-0.39, 0.29) is 0 Å². The first kappa shape index (κ1) is 16.0. The van der Waals surface area contributed by atoms with Crippen molar-refractivity contribution < 1.29 is 31.5 Å². The molecule has 1 aromatic heterocycles. The average molecular weight is 371 g/mol. The molecular formula is C13H8BrF5O2. The maximum atomic E-state index is 13.9. The quantitative estimate of drug-likeness (QED) is 0.808. The van der Waals surface area contributed by atoms with Crippen LogP contribution in [0.25, 0.3) is 0 Å². The molecule has 0 aliphatic heterocycles. The Balaban J connectivity index is 2.69. The van der Waals surface area contributed by atoms with E-state index in [1.165, 1.54) is 12.1 Å². The fourth-order valence-corrected chi connectivity index (χ4v) is 2.16. The van der Waals surface area contributed by atoms with Crippen LogP contribution in [0.1, 0.15) is 11.1 Å². The van der Waals surface area contributed by atoms with E-state index in [4.69, 9.17) is 0 Å². The molecule has 0 aliphatic rings. The van der Waals surface area contributed by atoms with Gasteiger partial charge in [-0.1, -0.05) is 28.1 Å². The summed E-state index contributed by atoms with van der Waals surface area (Å²) >= 11 is 3.04. The van der Waals surface area contributed by atoms with E-state index in [2.05, 4.69) is 20.3 Å². The summed E-state index contributed by atoms with van der Waals surface area (Å²) < 4.78 is 71.0. The summed E-state index contributed by atoms with van der Waals surface area (Å²) in [6.45, 7) is 0. The predicted molar refractivity (Wildman–Crippen MR) is 66.9 cm³/mol. The lowest BCUT2D eigenvalue weighted by molar-refractivity contribution is -0.336. The van der Waals surface area contributed by atoms with Crippen molar-refractivity contribution in [1.82, 2.24) is 0 Å². The zero-order valence-electron chi connectivity index (χ0n) is 10.2. The lowest BCUT2D eigenvalue weighted by Gasteiger charge is -2.36. The fourth-order valence-electron chi connectivity index (χ4n) is 1.90. The second-order valence-electron chi connectivity index (χ2n) is 4.30. The molecule has 0 spiro atoms. The largest absolute Gasteiger partial charge is 0.472 e. The van der Waals surface area contributed by atoms with Crippen LogP contribution < -0.4 is 0 Å². The van der Waals surface area contributed by atoms with Crippen molar-refractivity contribution in [3.05, 3.63) is 58.5 Å². The number of alkyl halides is 5. The van der Waals surface area contributed by atoms with Crippen molar-refractivity contribution in [2.75, 3.05) is 0 Å². The molecule has 0 bridgehead atoms. The number of furan rings is 1. The molecule has 0 aliphatic carbocycles. The Kier molecular flexibility index (Phi) is 3.88. The molecule has 0 fully saturated rings. The van der Waals surface area contributed by atoms with Gasteiger partial charge < -0.3 is 9.52 Å². The first-order chi connectivity index (χ1) is 9.60. The Morgan fingerprint density at radius 1 is 0.905 bits per heavy atom. The topological polar surface area (TPSA) is 33.4 Å². The number of hydrogen-bond donors (Lipinski definition) is 1. The van der Waals surface area contributed by atoms with E-state index in [0.717, 1.165) is 24.5 Å². The van der Waals surface area contributed by atoms with E-state index in [9.17, 15) is 27.1 Å². The first-order valence-corrected chi connectivity index (χ1v) is 6.35. The van der Waals surface area contributed by atoms with Gasteiger partial charge in [0.1, 0.15) is 0 Å². The van der Waals surface area contributed by atoms with Gasteiger partial charge in [-0.15, -0.1) is 0 Å². The van der Waals surface area contributed by atoms with Crippen LogP contribution in [0, 0.1) is 0 Å². The third-order valence-electron chi connectivity index (χ3n) is 3.01. The Labute approximate surface area is 124 Å². The van der Waals surface area contributed by atoms with Gasteiger partial charge in [-0.05, 0) is 23.8 Å². The van der Waals surface area contributed by atoms with Gasteiger partial charge >= 0.3 is 12.1 Å². The Morgan fingerprint density at radius 2 is 1.48 bits per heavy atom. The Bertz CT molecular complexity index is 606. The van der Waals surface area contributed by atoms with Gasteiger partial charge in [0.25, 0.3) is 0 Å². The maximum Gasteiger partial charge on any atom is 0.457 e. The summed E-state index contributed by atoms with van der Waals surface area (Å²) in [6, 6.07) is 5.34. The van der Waals surface area contributed by atoms with Crippen molar-refractivity contribution >= 4 is 15.9 Å². The molecular weight excluding hydrogens is 363 g/mol. The summed E-state index contributed by atoms with van der Waals surface area (Å²) in [5, 5.41) is 10.3. The molecule has 1 unspecified atom stereocenters.